The average molecular weight is 120 g/mol. The van der Waals surface area contributed by atoms with E-state index in [1.807, 2.05) is 0 Å². The van der Waals surface area contributed by atoms with Gasteiger partial charge in [-0.3, -0.25) is 0 Å². The van der Waals surface area contributed by atoms with Gasteiger partial charge in [-0.25, -0.2) is 4.79 Å². The van der Waals surface area contributed by atoms with Crippen LogP contribution in [-0.4, -0.2) is 22.6 Å². The highest BCUT2D eigenvalue weighted by atomic mass is 16.4. The first-order valence-corrected chi connectivity index (χ1v) is 1.75. The Morgan fingerprint density at radius 3 is 2.00 bits per heavy atom. The van der Waals surface area contributed by atoms with Crippen molar-refractivity contribution in [2.45, 2.75) is 6.92 Å². The molecular weight excluding hydrogens is 112 g/mol. The van der Waals surface area contributed by atoms with Crippen LogP contribution in [0.3, 0.4) is 0 Å². The molecule has 48 valence electrons. The Hall–Kier alpha value is -1.26. The van der Waals surface area contributed by atoms with Crippen LogP contribution >= 0.6 is 0 Å². The highest BCUT2D eigenvalue weighted by Gasteiger charge is 1.65. The Bertz CT molecular complexity index is 72.6. The average Bonchev–Trinajstić information content (AvgIpc) is 1.65. The molecule has 1 amide bonds. The van der Waals surface area contributed by atoms with Crippen LogP contribution in [0.25, 0.3) is 0 Å². The molecule has 0 aliphatic heterocycles. The Balaban J connectivity index is 0. The maximum atomic E-state index is 8.78. The molecule has 4 N–H and O–H groups in total. The van der Waals surface area contributed by atoms with Gasteiger partial charge in [0.25, 0.3) is 0 Å². The van der Waals surface area contributed by atoms with Crippen LogP contribution in [0.4, 0.5) is 4.79 Å². The lowest BCUT2D eigenvalue weighted by atomic mass is 10.9. The molecule has 0 heterocycles. The monoisotopic (exact) mass is 120 g/mol. The lowest BCUT2D eigenvalue weighted by Crippen LogP contribution is -2.03. The van der Waals surface area contributed by atoms with Crippen molar-refractivity contribution < 1.29 is 15.1 Å². The van der Waals surface area contributed by atoms with E-state index in [1.54, 1.807) is 6.92 Å². The predicted octanol–water partition coefficient (Wildman–Crippen LogP) is 0.0894. The van der Waals surface area contributed by atoms with Gasteiger partial charge in [0.15, 0.2) is 0 Å². The summed E-state index contributed by atoms with van der Waals surface area (Å²) in [7, 11) is 0. The number of oxime groups is 1. The first kappa shape index (κ1) is 9.88. The molecule has 0 aliphatic rings. The Morgan fingerprint density at radius 1 is 1.88 bits per heavy atom. The first-order valence-electron chi connectivity index (χ1n) is 1.75. The van der Waals surface area contributed by atoms with E-state index in [-0.39, 0.29) is 0 Å². The Kier molecular flexibility index (Phi) is 11.4. The highest BCUT2D eigenvalue weighted by Crippen LogP contribution is 1.38. The van der Waals surface area contributed by atoms with E-state index in [0.717, 1.165) is 0 Å². The molecule has 0 radical (unpaired) electrons. The van der Waals surface area contributed by atoms with Gasteiger partial charge in [0.05, 0.1) is 0 Å². The molecule has 0 aromatic carbocycles. The van der Waals surface area contributed by atoms with Crippen molar-refractivity contribution in [2.75, 3.05) is 0 Å². The fourth-order valence-corrected chi connectivity index (χ4v) is 0. The Labute approximate surface area is 46.4 Å². The van der Waals surface area contributed by atoms with Crippen LogP contribution in [-0.2, 0) is 0 Å². The molecule has 8 heavy (non-hydrogen) atoms. The molecule has 0 saturated carbocycles. The lowest BCUT2D eigenvalue weighted by molar-refractivity contribution is 0.205. The van der Waals surface area contributed by atoms with Crippen molar-refractivity contribution in [3.05, 3.63) is 0 Å². The fraction of sp³-hybridized carbons (Fsp3) is 0.333. The van der Waals surface area contributed by atoms with Gasteiger partial charge in [0.1, 0.15) is 0 Å². The summed E-state index contributed by atoms with van der Waals surface area (Å²) < 4.78 is 0. The largest absolute Gasteiger partial charge is 0.465 e. The molecule has 0 unspecified atom stereocenters. The molecule has 0 rings (SSSR count). The molecule has 0 saturated heterocycles. The van der Waals surface area contributed by atoms with Gasteiger partial charge in [-0.15, -0.1) is 5.16 Å². The SMILES string of the molecule is C/C=N/O.NC(=O)O. The third kappa shape index (κ3) is 981. The maximum absolute atomic E-state index is 8.78. The number of amides is 1. The number of nitrogens with zero attached hydrogens (tertiary/aromatic N) is 1. The molecule has 5 heteroatoms. The van der Waals surface area contributed by atoms with Gasteiger partial charge in [0.2, 0.25) is 0 Å². The van der Waals surface area contributed by atoms with Crippen LogP contribution in [0, 0.1) is 0 Å². The Morgan fingerprint density at radius 2 is 2.00 bits per heavy atom. The predicted molar refractivity (Wildman–Crippen MR) is 28.2 cm³/mol. The number of hydrogen-bond acceptors (Lipinski definition) is 3. The quantitative estimate of drug-likeness (QED) is 0.240. The van der Waals surface area contributed by atoms with Gasteiger partial charge >= 0.3 is 6.09 Å². The molecule has 0 spiro atoms. The van der Waals surface area contributed by atoms with E-state index in [9.17, 15) is 0 Å². The van der Waals surface area contributed by atoms with Crippen molar-refractivity contribution in [1.82, 2.24) is 0 Å². The zero-order valence-corrected chi connectivity index (χ0v) is 4.40. The van der Waals surface area contributed by atoms with E-state index in [1.165, 1.54) is 6.21 Å². The minimum Gasteiger partial charge on any atom is -0.465 e. The van der Waals surface area contributed by atoms with E-state index in [2.05, 4.69) is 10.9 Å². The third-order valence-electron chi connectivity index (χ3n) is 0.115. The second-order valence-electron chi connectivity index (χ2n) is 0.712. The summed E-state index contributed by atoms with van der Waals surface area (Å²) in [4.78, 5) is 8.78. The number of hydrogen-bond donors (Lipinski definition) is 3. The summed E-state index contributed by atoms with van der Waals surface area (Å²) in [5.41, 5.74) is 4.03. The summed E-state index contributed by atoms with van der Waals surface area (Å²) in [6.07, 6.45) is -0.0278. The minimum absolute atomic E-state index is 1.31. The van der Waals surface area contributed by atoms with Gasteiger partial charge < -0.3 is 16.0 Å². The van der Waals surface area contributed by atoms with Gasteiger partial charge in [-0.1, -0.05) is 0 Å². The summed E-state index contributed by atoms with van der Waals surface area (Å²) in [5.74, 6) is 0. The van der Waals surface area contributed by atoms with Gasteiger partial charge in [-0.05, 0) is 6.92 Å². The van der Waals surface area contributed by atoms with Crippen LogP contribution in [0.1, 0.15) is 6.92 Å². The second kappa shape index (κ2) is 9.22. The van der Waals surface area contributed by atoms with E-state index in [4.69, 9.17) is 15.1 Å². The third-order valence-corrected chi connectivity index (χ3v) is 0.115. The number of primary amides is 1. The van der Waals surface area contributed by atoms with E-state index < -0.39 is 6.09 Å². The minimum atomic E-state index is -1.33. The molecular formula is C3H8N2O3. The maximum Gasteiger partial charge on any atom is 0.402 e. The van der Waals surface area contributed by atoms with Crippen molar-refractivity contribution in [1.29, 1.82) is 0 Å². The van der Waals surface area contributed by atoms with E-state index in [0.29, 0.717) is 0 Å². The zero-order valence-electron chi connectivity index (χ0n) is 4.40. The fourth-order valence-electron chi connectivity index (χ4n) is 0. The molecule has 5 nitrogen and oxygen atoms in total. The number of nitrogens with two attached hydrogens (primary N) is 1. The van der Waals surface area contributed by atoms with Crippen LogP contribution in [0.15, 0.2) is 5.16 Å². The summed E-state index contributed by atoms with van der Waals surface area (Å²) in [5, 5.41) is 17.2. The second-order valence-corrected chi connectivity index (χ2v) is 0.712. The molecule has 0 bridgehead atoms. The lowest BCUT2D eigenvalue weighted by Gasteiger charge is -1.61. The van der Waals surface area contributed by atoms with Crippen molar-refractivity contribution in [3.63, 3.8) is 0 Å². The highest BCUT2D eigenvalue weighted by molar-refractivity contribution is 5.61. The first-order chi connectivity index (χ1) is 3.65. The van der Waals surface area contributed by atoms with Crippen LogP contribution < -0.4 is 5.73 Å². The summed E-state index contributed by atoms with van der Waals surface area (Å²) >= 11 is 0. The van der Waals surface area contributed by atoms with Crippen LogP contribution in [0.2, 0.25) is 0 Å². The van der Waals surface area contributed by atoms with Crippen molar-refractivity contribution >= 4 is 12.3 Å². The normalized spacial score (nSPS) is 7.62. The topological polar surface area (TPSA) is 95.9 Å². The van der Waals surface area contributed by atoms with Gasteiger partial charge in [-0.2, -0.15) is 0 Å². The summed E-state index contributed by atoms with van der Waals surface area (Å²) in [6, 6.07) is 0. The zero-order chi connectivity index (χ0) is 6.99. The molecule has 0 atom stereocenters. The number of carboxylic acid groups (broad SMARTS) is 1. The molecule has 0 fully saturated rings. The molecule has 0 aromatic heterocycles. The molecule has 0 aliphatic carbocycles. The number of rotatable bonds is 0. The summed E-state index contributed by atoms with van der Waals surface area (Å²) in [6.45, 7) is 1.64. The van der Waals surface area contributed by atoms with Crippen LogP contribution in [0.5, 0.6) is 0 Å². The number of carbonyl (C=O) groups is 1. The van der Waals surface area contributed by atoms with E-state index >= 15 is 0 Å². The van der Waals surface area contributed by atoms with Crippen molar-refractivity contribution in [2.24, 2.45) is 10.9 Å². The smallest absolute Gasteiger partial charge is 0.402 e. The van der Waals surface area contributed by atoms with Gasteiger partial charge in [0, 0.05) is 6.21 Å². The molecule has 0 aromatic rings. The van der Waals surface area contributed by atoms with Crippen molar-refractivity contribution in [3.8, 4) is 0 Å². The standard InChI is InChI=1S/C2H5NO.CH3NO2/c1-2-3-4;2-1(3)4/h2,4H,1H3;2H2,(H,3,4)/b3-2+;.